The van der Waals surface area contributed by atoms with Crippen molar-refractivity contribution in [3.8, 4) is 0 Å². The Morgan fingerprint density at radius 3 is 2.48 bits per heavy atom. The van der Waals surface area contributed by atoms with Gasteiger partial charge in [0.2, 0.25) is 5.91 Å². The summed E-state index contributed by atoms with van der Waals surface area (Å²) in [5, 5.41) is 3.36. The minimum Gasteiger partial charge on any atom is -0.340 e. The fraction of sp³-hybridized carbons (Fsp3) is 0.632. The van der Waals surface area contributed by atoms with Crippen molar-refractivity contribution in [2.75, 3.05) is 32.7 Å². The van der Waals surface area contributed by atoms with Gasteiger partial charge in [-0.15, -0.1) is 24.8 Å². The minimum atomic E-state index is -0.549. The fourth-order valence-corrected chi connectivity index (χ4v) is 4.00. The monoisotopic (exact) mass is 423 g/mol. The highest BCUT2D eigenvalue weighted by atomic mass is 35.5. The van der Waals surface area contributed by atoms with Gasteiger partial charge < -0.3 is 10.2 Å². The SMILES string of the molecule is CCC(c1ccc(F)cc1F)N1CCN(C(=O)CC2CCCN2)CC1.Cl.Cl. The summed E-state index contributed by atoms with van der Waals surface area (Å²) < 4.78 is 27.3. The van der Waals surface area contributed by atoms with Crippen molar-refractivity contribution >= 4 is 30.7 Å². The van der Waals surface area contributed by atoms with Crippen molar-refractivity contribution in [3.05, 3.63) is 35.4 Å². The number of halogens is 4. The molecule has 2 aliphatic rings. The van der Waals surface area contributed by atoms with Crippen LogP contribution in [0.2, 0.25) is 0 Å². The van der Waals surface area contributed by atoms with E-state index in [1.165, 1.54) is 6.07 Å². The molecule has 2 heterocycles. The summed E-state index contributed by atoms with van der Waals surface area (Å²) in [5.41, 5.74) is 0.541. The molecule has 2 unspecified atom stereocenters. The van der Waals surface area contributed by atoms with Crippen LogP contribution in [-0.4, -0.2) is 54.5 Å². The Kier molecular flexibility index (Phi) is 9.95. The van der Waals surface area contributed by atoms with Gasteiger partial charge in [0.1, 0.15) is 11.6 Å². The van der Waals surface area contributed by atoms with E-state index in [1.54, 1.807) is 6.07 Å². The number of rotatable bonds is 5. The number of benzene rings is 1. The van der Waals surface area contributed by atoms with E-state index in [4.69, 9.17) is 0 Å². The maximum atomic E-state index is 14.1. The topological polar surface area (TPSA) is 35.6 Å². The highest BCUT2D eigenvalue weighted by molar-refractivity contribution is 5.85. The normalized spacial score (nSPS) is 21.3. The molecule has 0 aromatic heterocycles. The van der Waals surface area contributed by atoms with Crippen LogP contribution in [0.3, 0.4) is 0 Å². The van der Waals surface area contributed by atoms with E-state index in [1.807, 2.05) is 11.8 Å². The van der Waals surface area contributed by atoms with Crippen molar-refractivity contribution in [2.45, 2.75) is 44.7 Å². The van der Waals surface area contributed by atoms with E-state index in [2.05, 4.69) is 10.2 Å². The van der Waals surface area contributed by atoms with Crippen molar-refractivity contribution < 1.29 is 13.6 Å². The Balaban J connectivity index is 0.00000182. The molecule has 8 heteroatoms. The summed E-state index contributed by atoms with van der Waals surface area (Å²) in [4.78, 5) is 16.6. The molecule has 27 heavy (non-hydrogen) atoms. The summed E-state index contributed by atoms with van der Waals surface area (Å²) in [6.45, 7) is 5.80. The highest BCUT2D eigenvalue weighted by Gasteiger charge is 2.29. The molecule has 4 nitrogen and oxygen atoms in total. The zero-order valence-corrected chi connectivity index (χ0v) is 17.3. The van der Waals surface area contributed by atoms with Crippen LogP contribution in [0.1, 0.15) is 44.2 Å². The third-order valence-corrected chi connectivity index (χ3v) is 5.40. The lowest BCUT2D eigenvalue weighted by Gasteiger charge is -2.39. The van der Waals surface area contributed by atoms with Gasteiger partial charge in [0.25, 0.3) is 0 Å². The fourth-order valence-electron chi connectivity index (χ4n) is 4.00. The summed E-state index contributed by atoms with van der Waals surface area (Å²) in [5.74, 6) is -0.829. The van der Waals surface area contributed by atoms with Crippen LogP contribution in [0.25, 0.3) is 0 Å². The first kappa shape index (κ1) is 24.1. The molecule has 2 aliphatic heterocycles. The summed E-state index contributed by atoms with van der Waals surface area (Å²) in [7, 11) is 0. The number of nitrogens with zero attached hydrogens (tertiary/aromatic N) is 2. The number of hydrogen-bond acceptors (Lipinski definition) is 3. The van der Waals surface area contributed by atoms with Crippen LogP contribution in [0, 0.1) is 11.6 Å². The predicted molar refractivity (Wildman–Crippen MR) is 108 cm³/mol. The Morgan fingerprint density at radius 2 is 1.93 bits per heavy atom. The Bertz CT molecular complexity index is 607. The van der Waals surface area contributed by atoms with E-state index in [-0.39, 0.29) is 36.8 Å². The molecule has 2 saturated heterocycles. The van der Waals surface area contributed by atoms with Crippen LogP contribution >= 0.6 is 24.8 Å². The highest BCUT2D eigenvalue weighted by Crippen LogP contribution is 2.28. The van der Waals surface area contributed by atoms with E-state index >= 15 is 0 Å². The molecule has 1 aromatic carbocycles. The Morgan fingerprint density at radius 1 is 1.22 bits per heavy atom. The van der Waals surface area contributed by atoms with Crippen molar-refractivity contribution in [2.24, 2.45) is 0 Å². The van der Waals surface area contributed by atoms with Gasteiger partial charge in [0.05, 0.1) is 0 Å². The molecular weight excluding hydrogens is 395 g/mol. The van der Waals surface area contributed by atoms with E-state index in [0.29, 0.717) is 31.1 Å². The van der Waals surface area contributed by atoms with Crippen LogP contribution in [0.5, 0.6) is 0 Å². The van der Waals surface area contributed by atoms with Gasteiger partial charge in [0, 0.05) is 56.3 Å². The van der Waals surface area contributed by atoms with Crippen molar-refractivity contribution in [1.29, 1.82) is 0 Å². The average molecular weight is 424 g/mol. The van der Waals surface area contributed by atoms with E-state index in [0.717, 1.165) is 45.0 Å². The zero-order chi connectivity index (χ0) is 17.8. The molecule has 2 atom stereocenters. The molecule has 1 N–H and O–H groups in total. The second kappa shape index (κ2) is 11.1. The van der Waals surface area contributed by atoms with Gasteiger partial charge in [-0.1, -0.05) is 13.0 Å². The number of piperazine rings is 1. The molecule has 0 saturated carbocycles. The summed E-state index contributed by atoms with van der Waals surface area (Å²) in [6, 6.07) is 4.06. The number of carbonyl (C=O) groups is 1. The third kappa shape index (κ3) is 6.01. The minimum absolute atomic E-state index is 0. The number of nitrogens with one attached hydrogen (secondary N) is 1. The second-order valence-corrected chi connectivity index (χ2v) is 7.00. The first-order chi connectivity index (χ1) is 12.1. The van der Waals surface area contributed by atoms with Crippen LogP contribution in [-0.2, 0) is 4.79 Å². The van der Waals surface area contributed by atoms with Crippen molar-refractivity contribution in [3.63, 3.8) is 0 Å². The predicted octanol–water partition coefficient (Wildman–Crippen LogP) is 3.55. The molecule has 3 rings (SSSR count). The van der Waals surface area contributed by atoms with Crippen LogP contribution in [0.4, 0.5) is 8.78 Å². The standard InChI is InChI=1S/C19H27F2N3O.2ClH/c1-2-18(16-6-5-14(20)12-17(16)21)23-8-10-24(11-9-23)19(25)13-15-4-3-7-22-15;;/h5-6,12,15,18,22H,2-4,7-11,13H2,1H3;2*1H. The van der Waals surface area contributed by atoms with Gasteiger partial charge in [-0.25, -0.2) is 8.78 Å². The first-order valence-electron chi connectivity index (χ1n) is 9.28. The Hall–Kier alpha value is -0.950. The Labute approximate surface area is 172 Å². The second-order valence-electron chi connectivity index (χ2n) is 7.00. The number of carbonyl (C=O) groups excluding carboxylic acids is 1. The maximum Gasteiger partial charge on any atom is 0.224 e. The molecule has 1 amide bonds. The van der Waals surface area contributed by atoms with Gasteiger partial charge >= 0.3 is 0 Å². The zero-order valence-electron chi connectivity index (χ0n) is 15.6. The van der Waals surface area contributed by atoms with E-state index < -0.39 is 11.6 Å². The number of hydrogen-bond donors (Lipinski definition) is 1. The molecule has 0 bridgehead atoms. The number of amides is 1. The van der Waals surface area contributed by atoms with Gasteiger partial charge in [-0.3, -0.25) is 9.69 Å². The molecular formula is C19H29Cl2F2N3O. The van der Waals surface area contributed by atoms with Crippen molar-refractivity contribution in [1.82, 2.24) is 15.1 Å². The van der Waals surface area contributed by atoms with E-state index in [9.17, 15) is 13.6 Å². The summed E-state index contributed by atoms with van der Waals surface area (Å²) >= 11 is 0. The molecule has 154 valence electrons. The largest absolute Gasteiger partial charge is 0.340 e. The molecule has 0 spiro atoms. The molecule has 0 aliphatic carbocycles. The molecule has 2 fully saturated rings. The van der Waals surface area contributed by atoms with Crippen LogP contribution in [0.15, 0.2) is 18.2 Å². The molecule has 0 radical (unpaired) electrons. The lowest BCUT2D eigenvalue weighted by atomic mass is 10.0. The van der Waals surface area contributed by atoms with Gasteiger partial charge in [-0.05, 0) is 31.9 Å². The lowest BCUT2D eigenvalue weighted by molar-refractivity contribution is -0.133. The maximum absolute atomic E-state index is 14.1. The molecule has 1 aromatic rings. The van der Waals surface area contributed by atoms with Gasteiger partial charge in [-0.2, -0.15) is 0 Å². The van der Waals surface area contributed by atoms with Gasteiger partial charge in [0.15, 0.2) is 0 Å². The van der Waals surface area contributed by atoms with Crippen LogP contribution < -0.4 is 5.32 Å². The third-order valence-electron chi connectivity index (χ3n) is 5.40. The first-order valence-corrected chi connectivity index (χ1v) is 9.28. The summed E-state index contributed by atoms with van der Waals surface area (Å²) in [6.07, 6.45) is 3.55. The lowest BCUT2D eigenvalue weighted by Crippen LogP contribution is -2.50. The smallest absolute Gasteiger partial charge is 0.224 e. The average Bonchev–Trinajstić information content (AvgIpc) is 3.11. The quantitative estimate of drug-likeness (QED) is 0.786.